The summed E-state index contributed by atoms with van der Waals surface area (Å²) in [6.45, 7) is 0. The Bertz CT molecular complexity index is 398. The maximum absolute atomic E-state index is 12.6. The molecule has 0 aliphatic rings. The highest BCUT2D eigenvalue weighted by Gasteiger charge is 2.23. The zero-order chi connectivity index (χ0) is 11.6. The fourth-order valence-electron chi connectivity index (χ4n) is 0.981. The van der Waals surface area contributed by atoms with Gasteiger partial charge >= 0.3 is 5.97 Å². The molecule has 0 spiro atoms. The first-order chi connectivity index (χ1) is 6.97. The van der Waals surface area contributed by atoms with Crippen molar-refractivity contribution < 1.29 is 18.3 Å². The number of carbonyl (C=O) groups excluding carboxylic acids is 1. The summed E-state index contributed by atoms with van der Waals surface area (Å²) in [6, 6.07) is 1.19. The number of ether oxygens (including phenoxy) is 1. The highest BCUT2D eigenvalue weighted by atomic mass is 79.9. The SMILES string of the molecule is COC(=O)c1cc(Br)nc(Br)c1C(F)F. The summed E-state index contributed by atoms with van der Waals surface area (Å²) >= 11 is 5.87. The fourth-order valence-corrected chi connectivity index (χ4v) is 2.20. The van der Waals surface area contributed by atoms with E-state index in [1.807, 2.05) is 0 Å². The quantitative estimate of drug-likeness (QED) is 0.610. The Morgan fingerprint density at radius 2 is 2.13 bits per heavy atom. The van der Waals surface area contributed by atoms with E-state index in [-0.39, 0.29) is 14.8 Å². The number of esters is 1. The van der Waals surface area contributed by atoms with E-state index in [2.05, 4.69) is 41.6 Å². The lowest BCUT2D eigenvalue weighted by Crippen LogP contribution is -2.08. The van der Waals surface area contributed by atoms with E-state index in [0.717, 1.165) is 7.11 Å². The molecule has 0 aliphatic carbocycles. The smallest absolute Gasteiger partial charge is 0.338 e. The van der Waals surface area contributed by atoms with Gasteiger partial charge in [0.15, 0.2) is 0 Å². The zero-order valence-corrected chi connectivity index (χ0v) is 10.6. The van der Waals surface area contributed by atoms with Crippen LogP contribution in [0.15, 0.2) is 15.3 Å². The van der Waals surface area contributed by atoms with Gasteiger partial charge in [0.2, 0.25) is 0 Å². The molecule has 0 saturated heterocycles. The van der Waals surface area contributed by atoms with Gasteiger partial charge in [-0.1, -0.05) is 0 Å². The first-order valence-electron chi connectivity index (χ1n) is 3.69. The second-order valence-electron chi connectivity index (χ2n) is 2.49. The zero-order valence-electron chi connectivity index (χ0n) is 7.43. The lowest BCUT2D eigenvalue weighted by molar-refractivity contribution is 0.0588. The molecule has 0 atom stereocenters. The van der Waals surface area contributed by atoms with Gasteiger partial charge in [0, 0.05) is 0 Å². The summed E-state index contributed by atoms with van der Waals surface area (Å²) in [6.07, 6.45) is -2.80. The monoisotopic (exact) mass is 343 g/mol. The van der Waals surface area contributed by atoms with Crippen molar-refractivity contribution in [3.05, 3.63) is 26.4 Å². The Morgan fingerprint density at radius 1 is 1.53 bits per heavy atom. The molecule has 0 bridgehead atoms. The molecule has 0 aliphatic heterocycles. The van der Waals surface area contributed by atoms with Gasteiger partial charge in [0.05, 0.1) is 18.2 Å². The van der Waals surface area contributed by atoms with E-state index >= 15 is 0 Å². The molecule has 0 radical (unpaired) electrons. The molecular formula is C8H5Br2F2NO2. The first-order valence-corrected chi connectivity index (χ1v) is 5.28. The van der Waals surface area contributed by atoms with Crippen molar-refractivity contribution in [2.45, 2.75) is 6.43 Å². The number of nitrogens with zero attached hydrogens (tertiary/aromatic N) is 1. The van der Waals surface area contributed by atoms with Crippen LogP contribution in [0.4, 0.5) is 8.78 Å². The highest BCUT2D eigenvalue weighted by molar-refractivity contribution is 9.11. The number of halogens is 4. The van der Waals surface area contributed by atoms with Crippen molar-refractivity contribution in [1.29, 1.82) is 0 Å². The lowest BCUT2D eigenvalue weighted by atomic mass is 10.1. The Labute approximate surface area is 101 Å². The number of hydrogen-bond acceptors (Lipinski definition) is 3. The number of rotatable bonds is 2. The van der Waals surface area contributed by atoms with Crippen LogP contribution < -0.4 is 0 Å². The predicted molar refractivity (Wildman–Crippen MR) is 55.9 cm³/mol. The number of pyridine rings is 1. The maximum atomic E-state index is 12.6. The van der Waals surface area contributed by atoms with Crippen LogP contribution in [-0.2, 0) is 4.74 Å². The minimum absolute atomic E-state index is 0.0766. The summed E-state index contributed by atoms with van der Waals surface area (Å²) in [5, 5.41) is 0. The van der Waals surface area contributed by atoms with Crippen LogP contribution in [0.25, 0.3) is 0 Å². The fraction of sp³-hybridized carbons (Fsp3) is 0.250. The van der Waals surface area contributed by atoms with Gasteiger partial charge < -0.3 is 4.74 Å². The van der Waals surface area contributed by atoms with E-state index in [9.17, 15) is 13.6 Å². The largest absolute Gasteiger partial charge is 0.465 e. The third-order valence-electron chi connectivity index (χ3n) is 1.60. The molecule has 15 heavy (non-hydrogen) atoms. The van der Waals surface area contributed by atoms with Crippen molar-refractivity contribution in [1.82, 2.24) is 4.98 Å². The molecule has 1 aromatic rings. The predicted octanol–water partition coefficient (Wildman–Crippen LogP) is 3.33. The number of methoxy groups -OCH3 is 1. The van der Waals surface area contributed by atoms with E-state index < -0.39 is 18.0 Å². The molecule has 82 valence electrons. The summed E-state index contributed by atoms with van der Waals surface area (Å²) < 4.78 is 29.8. The standard InChI is InChI=1S/C8H5Br2F2NO2/c1-15-8(14)3-2-4(9)13-6(10)5(3)7(11)12/h2,7H,1H3. The van der Waals surface area contributed by atoms with E-state index in [1.165, 1.54) is 6.07 Å². The molecule has 0 aromatic carbocycles. The molecule has 1 rings (SSSR count). The molecular weight excluding hydrogens is 340 g/mol. The highest BCUT2D eigenvalue weighted by Crippen LogP contribution is 2.31. The Kier molecular flexibility index (Phi) is 4.15. The van der Waals surface area contributed by atoms with Crippen LogP contribution in [0.1, 0.15) is 22.3 Å². The third-order valence-corrected chi connectivity index (χ3v) is 2.62. The molecule has 3 nitrogen and oxygen atoms in total. The summed E-state index contributed by atoms with van der Waals surface area (Å²) in [5.41, 5.74) is -0.675. The Hall–Kier alpha value is -0.560. The summed E-state index contributed by atoms with van der Waals surface area (Å²) in [4.78, 5) is 14.9. The van der Waals surface area contributed by atoms with Gasteiger partial charge in [0.1, 0.15) is 9.21 Å². The number of carbonyl (C=O) groups is 1. The van der Waals surface area contributed by atoms with Crippen molar-refractivity contribution in [2.24, 2.45) is 0 Å². The molecule has 0 fully saturated rings. The summed E-state index contributed by atoms with van der Waals surface area (Å²) in [5.74, 6) is -0.825. The van der Waals surface area contributed by atoms with E-state index in [0.29, 0.717) is 0 Å². The summed E-state index contributed by atoms with van der Waals surface area (Å²) in [7, 11) is 1.12. The molecule has 0 unspecified atom stereocenters. The molecule has 0 amide bonds. The van der Waals surface area contributed by atoms with Crippen LogP contribution in [0.2, 0.25) is 0 Å². The first kappa shape index (κ1) is 12.5. The molecule has 0 saturated carbocycles. The van der Waals surface area contributed by atoms with Gasteiger partial charge in [-0.15, -0.1) is 0 Å². The Morgan fingerprint density at radius 3 is 2.60 bits per heavy atom. The van der Waals surface area contributed by atoms with E-state index in [1.54, 1.807) is 0 Å². The number of hydrogen-bond donors (Lipinski definition) is 0. The van der Waals surface area contributed by atoms with Crippen molar-refractivity contribution in [3.8, 4) is 0 Å². The molecule has 7 heteroatoms. The third kappa shape index (κ3) is 2.72. The van der Waals surface area contributed by atoms with Gasteiger partial charge in [-0.25, -0.2) is 18.6 Å². The van der Waals surface area contributed by atoms with E-state index in [4.69, 9.17) is 0 Å². The van der Waals surface area contributed by atoms with Gasteiger partial charge in [-0.3, -0.25) is 0 Å². The molecule has 0 N–H and O–H groups in total. The van der Waals surface area contributed by atoms with Gasteiger partial charge in [0.25, 0.3) is 6.43 Å². The normalized spacial score (nSPS) is 10.5. The van der Waals surface area contributed by atoms with Crippen molar-refractivity contribution in [3.63, 3.8) is 0 Å². The minimum atomic E-state index is -2.80. The van der Waals surface area contributed by atoms with Crippen LogP contribution >= 0.6 is 31.9 Å². The minimum Gasteiger partial charge on any atom is -0.465 e. The van der Waals surface area contributed by atoms with Crippen LogP contribution in [0.5, 0.6) is 0 Å². The van der Waals surface area contributed by atoms with Crippen LogP contribution in [0.3, 0.4) is 0 Å². The van der Waals surface area contributed by atoms with Gasteiger partial charge in [-0.05, 0) is 37.9 Å². The van der Waals surface area contributed by atoms with Crippen molar-refractivity contribution >= 4 is 37.8 Å². The second-order valence-corrected chi connectivity index (χ2v) is 4.05. The topological polar surface area (TPSA) is 39.2 Å². The van der Waals surface area contributed by atoms with Crippen molar-refractivity contribution in [2.75, 3.05) is 7.11 Å². The number of alkyl halides is 2. The van der Waals surface area contributed by atoms with Gasteiger partial charge in [-0.2, -0.15) is 0 Å². The molecule has 1 heterocycles. The Balaban J connectivity index is 3.40. The average molecular weight is 345 g/mol. The average Bonchev–Trinajstić information content (AvgIpc) is 2.14. The lowest BCUT2D eigenvalue weighted by Gasteiger charge is -2.08. The maximum Gasteiger partial charge on any atom is 0.338 e. The second kappa shape index (κ2) is 4.98. The number of aromatic nitrogens is 1. The van der Waals surface area contributed by atoms with Crippen LogP contribution in [-0.4, -0.2) is 18.1 Å². The molecule has 1 aromatic heterocycles. The van der Waals surface area contributed by atoms with Crippen LogP contribution in [0, 0.1) is 0 Å².